The number of rotatable bonds is 11. The van der Waals surface area contributed by atoms with E-state index in [1.54, 1.807) is 43.5 Å². The maximum absolute atomic E-state index is 13.3. The Balaban J connectivity index is 2.13. The lowest BCUT2D eigenvalue weighted by Crippen LogP contribution is -2.32. The van der Waals surface area contributed by atoms with Crippen molar-refractivity contribution in [3.05, 3.63) is 58.7 Å². The summed E-state index contributed by atoms with van der Waals surface area (Å²) in [5.41, 5.74) is 1.97. The zero-order valence-electron chi connectivity index (χ0n) is 22.8. The molecule has 1 atom stereocenters. The molecule has 0 bridgehead atoms. The second-order valence-corrected chi connectivity index (χ2v) is 9.64. The van der Waals surface area contributed by atoms with Crippen molar-refractivity contribution in [3.8, 4) is 17.2 Å². The van der Waals surface area contributed by atoms with E-state index >= 15 is 0 Å². The fourth-order valence-electron chi connectivity index (χ4n) is 4.48. The summed E-state index contributed by atoms with van der Waals surface area (Å²) in [7, 11) is 5.45. The molecule has 37 heavy (non-hydrogen) atoms. The van der Waals surface area contributed by atoms with Crippen molar-refractivity contribution in [3.63, 3.8) is 0 Å². The molecule has 1 saturated heterocycles. The van der Waals surface area contributed by atoms with E-state index in [1.807, 2.05) is 46.7 Å². The molecule has 1 heterocycles. The van der Waals surface area contributed by atoms with Gasteiger partial charge >= 0.3 is 0 Å². The molecule has 0 aromatic heterocycles. The third-order valence-electron chi connectivity index (χ3n) is 6.16. The van der Waals surface area contributed by atoms with Crippen molar-refractivity contribution in [2.45, 2.75) is 46.3 Å². The van der Waals surface area contributed by atoms with Gasteiger partial charge in [-0.25, -0.2) is 0 Å². The second-order valence-electron chi connectivity index (χ2n) is 9.64. The van der Waals surface area contributed by atoms with Gasteiger partial charge in [-0.05, 0) is 96.2 Å². The minimum absolute atomic E-state index is 0.000257. The highest BCUT2D eigenvalue weighted by Crippen LogP contribution is 2.42. The van der Waals surface area contributed by atoms with E-state index < -0.39 is 17.7 Å². The molecule has 2 aromatic rings. The first-order chi connectivity index (χ1) is 17.6. The van der Waals surface area contributed by atoms with Crippen LogP contribution in [0.4, 0.5) is 0 Å². The number of carbonyl (C=O) groups excluding carboxylic acids is 2. The number of nitrogens with zero attached hydrogens (tertiary/aromatic N) is 2. The van der Waals surface area contributed by atoms with Gasteiger partial charge in [-0.15, -0.1) is 0 Å². The number of ether oxygens (including phenoxy) is 3. The summed E-state index contributed by atoms with van der Waals surface area (Å²) < 4.78 is 17.0. The zero-order chi connectivity index (χ0) is 27.3. The van der Waals surface area contributed by atoms with Crippen LogP contribution in [0.25, 0.3) is 5.76 Å². The molecule has 8 nitrogen and oxygen atoms in total. The number of benzene rings is 2. The number of aliphatic hydroxyl groups is 1. The molecule has 200 valence electrons. The molecule has 1 aliphatic heterocycles. The van der Waals surface area contributed by atoms with E-state index in [2.05, 4.69) is 0 Å². The highest BCUT2D eigenvalue weighted by Gasteiger charge is 2.46. The summed E-state index contributed by atoms with van der Waals surface area (Å²) in [6.45, 7) is 9.22. The lowest BCUT2D eigenvalue weighted by molar-refractivity contribution is -0.139. The van der Waals surface area contributed by atoms with E-state index in [4.69, 9.17) is 14.2 Å². The Labute approximate surface area is 219 Å². The Morgan fingerprint density at radius 2 is 1.78 bits per heavy atom. The molecule has 2 aromatic carbocycles. The molecule has 1 aliphatic rings. The lowest BCUT2D eigenvalue weighted by atomic mass is 9.94. The number of hydrogen-bond donors (Lipinski definition) is 1. The highest BCUT2D eigenvalue weighted by molar-refractivity contribution is 6.46. The molecule has 8 heteroatoms. The van der Waals surface area contributed by atoms with Crippen LogP contribution in [0.3, 0.4) is 0 Å². The highest BCUT2D eigenvalue weighted by atomic mass is 16.5. The lowest BCUT2D eigenvalue weighted by Gasteiger charge is -2.26. The number of aryl methyl sites for hydroxylation is 1. The van der Waals surface area contributed by atoms with E-state index in [0.29, 0.717) is 47.9 Å². The molecule has 0 radical (unpaired) electrons. The predicted octanol–water partition coefficient (Wildman–Crippen LogP) is 4.56. The van der Waals surface area contributed by atoms with Gasteiger partial charge in [-0.3, -0.25) is 9.59 Å². The van der Waals surface area contributed by atoms with Crippen molar-refractivity contribution in [2.75, 3.05) is 40.9 Å². The van der Waals surface area contributed by atoms with Crippen molar-refractivity contribution in [2.24, 2.45) is 0 Å². The van der Waals surface area contributed by atoms with Crippen molar-refractivity contribution < 1.29 is 28.9 Å². The smallest absolute Gasteiger partial charge is 0.295 e. The average molecular weight is 511 g/mol. The first-order valence-electron chi connectivity index (χ1n) is 12.6. The number of likely N-dealkylation sites (tertiary alicyclic amines) is 1. The predicted molar refractivity (Wildman–Crippen MR) is 143 cm³/mol. The maximum Gasteiger partial charge on any atom is 0.295 e. The van der Waals surface area contributed by atoms with E-state index in [-0.39, 0.29) is 17.4 Å². The number of methoxy groups -OCH3 is 1. The van der Waals surface area contributed by atoms with Crippen LogP contribution >= 0.6 is 0 Å². The van der Waals surface area contributed by atoms with Gasteiger partial charge in [0, 0.05) is 12.1 Å². The Morgan fingerprint density at radius 3 is 2.38 bits per heavy atom. The van der Waals surface area contributed by atoms with Crippen molar-refractivity contribution >= 4 is 17.4 Å². The Morgan fingerprint density at radius 1 is 1.08 bits per heavy atom. The van der Waals surface area contributed by atoms with Gasteiger partial charge in [-0.2, -0.15) is 0 Å². The van der Waals surface area contributed by atoms with Crippen LogP contribution in [0.15, 0.2) is 42.0 Å². The van der Waals surface area contributed by atoms with Crippen LogP contribution in [0, 0.1) is 6.92 Å². The maximum atomic E-state index is 13.3. The summed E-state index contributed by atoms with van der Waals surface area (Å²) in [6, 6.07) is 9.81. The Bertz CT molecular complexity index is 1170. The van der Waals surface area contributed by atoms with Gasteiger partial charge in [0.1, 0.15) is 11.5 Å². The van der Waals surface area contributed by atoms with Crippen LogP contribution in [-0.2, 0) is 9.59 Å². The molecule has 3 rings (SSSR count). The third kappa shape index (κ3) is 6.25. The Hall–Kier alpha value is -3.52. The van der Waals surface area contributed by atoms with Crippen LogP contribution in [0.5, 0.6) is 17.2 Å². The van der Waals surface area contributed by atoms with Crippen LogP contribution < -0.4 is 14.2 Å². The molecular weight excluding hydrogens is 472 g/mol. The summed E-state index contributed by atoms with van der Waals surface area (Å²) in [4.78, 5) is 30.1. The van der Waals surface area contributed by atoms with Crippen LogP contribution in [0.2, 0.25) is 0 Å². The number of carbonyl (C=O) groups is 2. The third-order valence-corrected chi connectivity index (χ3v) is 6.16. The molecule has 1 fully saturated rings. The van der Waals surface area contributed by atoms with E-state index in [9.17, 15) is 14.7 Å². The normalized spacial score (nSPS) is 17.1. The first-order valence-corrected chi connectivity index (χ1v) is 12.6. The molecular formula is C29H38N2O6. The first kappa shape index (κ1) is 28.1. The van der Waals surface area contributed by atoms with Crippen molar-refractivity contribution in [1.29, 1.82) is 0 Å². The molecule has 0 saturated carbocycles. The van der Waals surface area contributed by atoms with Gasteiger partial charge < -0.3 is 29.1 Å². The zero-order valence-corrected chi connectivity index (χ0v) is 22.8. The summed E-state index contributed by atoms with van der Waals surface area (Å²) in [6.07, 6.45) is 0.672. The second kappa shape index (κ2) is 12.1. The minimum Gasteiger partial charge on any atom is -0.507 e. The monoisotopic (exact) mass is 510 g/mol. The van der Waals surface area contributed by atoms with Gasteiger partial charge in [0.15, 0.2) is 11.5 Å². The summed E-state index contributed by atoms with van der Waals surface area (Å²) >= 11 is 0. The topological polar surface area (TPSA) is 88.5 Å². The van der Waals surface area contributed by atoms with Gasteiger partial charge in [-0.1, -0.05) is 6.07 Å². The number of ketones is 1. The quantitative estimate of drug-likeness (QED) is 0.269. The SMILES string of the molecule is CCOc1ccc(C2/C(=C(/O)c3ccc(OC(C)C)c(C)c3)C(=O)C(=O)N2CCCN(C)C)cc1OC. The van der Waals surface area contributed by atoms with E-state index in [0.717, 1.165) is 12.1 Å². The fraction of sp³-hybridized carbons (Fsp3) is 0.448. The summed E-state index contributed by atoms with van der Waals surface area (Å²) in [5, 5.41) is 11.4. The van der Waals surface area contributed by atoms with Gasteiger partial charge in [0.2, 0.25) is 0 Å². The van der Waals surface area contributed by atoms with Crippen LogP contribution in [0.1, 0.15) is 49.9 Å². The molecule has 0 spiro atoms. The fourth-order valence-corrected chi connectivity index (χ4v) is 4.48. The van der Waals surface area contributed by atoms with Crippen LogP contribution in [-0.4, -0.2) is 73.6 Å². The van der Waals surface area contributed by atoms with Gasteiger partial charge in [0.05, 0.1) is 31.4 Å². The number of Topliss-reactive ketones (excluding diaryl/α,β-unsaturated/α-hetero) is 1. The molecule has 1 N–H and O–H groups in total. The molecule has 1 unspecified atom stereocenters. The Kier molecular flexibility index (Phi) is 9.21. The molecule has 0 aliphatic carbocycles. The number of amides is 1. The van der Waals surface area contributed by atoms with Gasteiger partial charge in [0.25, 0.3) is 11.7 Å². The molecule has 1 amide bonds. The largest absolute Gasteiger partial charge is 0.507 e. The number of aliphatic hydroxyl groups excluding tert-OH is 1. The standard InChI is InChI=1S/C29H38N2O6/c1-8-36-23-13-10-20(17-24(23)35-7)26-25(28(33)29(34)31(26)15-9-14-30(5)6)27(32)21-11-12-22(19(4)16-21)37-18(2)3/h10-13,16-18,26,32H,8-9,14-15H2,1-7H3/b27-25-. The van der Waals surface area contributed by atoms with E-state index in [1.165, 1.54) is 4.90 Å². The summed E-state index contributed by atoms with van der Waals surface area (Å²) in [5.74, 6) is 0.197. The number of hydrogen-bond acceptors (Lipinski definition) is 7. The van der Waals surface area contributed by atoms with Crippen molar-refractivity contribution in [1.82, 2.24) is 9.80 Å². The minimum atomic E-state index is -0.765. The average Bonchev–Trinajstić information content (AvgIpc) is 3.10.